The van der Waals surface area contributed by atoms with Crippen LogP contribution in [0.4, 0.5) is 0 Å². The number of hydrogen-bond acceptors (Lipinski definition) is 2. The molecule has 1 saturated heterocycles. The van der Waals surface area contributed by atoms with Gasteiger partial charge >= 0.3 is 0 Å². The Hall–Kier alpha value is -0.860. The predicted molar refractivity (Wildman–Crippen MR) is 82.6 cm³/mol. The van der Waals surface area contributed by atoms with Crippen molar-refractivity contribution in [1.82, 2.24) is 4.90 Å². The number of nitrogens with two attached hydrogens (primary N) is 1. The average molecular weight is 270 g/mol. The highest BCUT2D eigenvalue weighted by Crippen LogP contribution is 2.54. The summed E-state index contributed by atoms with van der Waals surface area (Å²) >= 11 is 0. The van der Waals surface area contributed by atoms with Crippen LogP contribution >= 0.6 is 0 Å². The number of likely N-dealkylation sites (tertiary alicyclic amines) is 1. The van der Waals surface area contributed by atoms with Crippen molar-refractivity contribution in [3.8, 4) is 0 Å². The lowest BCUT2D eigenvalue weighted by atomic mass is 9.79. The first-order chi connectivity index (χ1) is 9.82. The Balaban J connectivity index is 1.53. The molecule has 0 spiro atoms. The summed E-state index contributed by atoms with van der Waals surface area (Å²) in [5, 5.41) is 0. The highest BCUT2D eigenvalue weighted by molar-refractivity contribution is 5.22. The van der Waals surface area contributed by atoms with Crippen LogP contribution in [0, 0.1) is 11.8 Å². The van der Waals surface area contributed by atoms with Gasteiger partial charge in [-0.25, -0.2) is 0 Å². The molecule has 0 radical (unpaired) electrons. The molecule has 20 heavy (non-hydrogen) atoms. The van der Waals surface area contributed by atoms with Gasteiger partial charge in [0.15, 0.2) is 0 Å². The van der Waals surface area contributed by atoms with E-state index >= 15 is 0 Å². The fourth-order valence-electron chi connectivity index (χ4n) is 5.34. The van der Waals surface area contributed by atoms with Crippen molar-refractivity contribution in [3.63, 3.8) is 0 Å². The van der Waals surface area contributed by atoms with Gasteiger partial charge in [-0.3, -0.25) is 4.90 Å². The predicted octanol–water partition coefficient (Wildman–Crippen LogP) is 2.99. The maximum atomic E-state index is 6.28. The first-order valence-electron chi connectivity index (χ1n) is 8.32. The van der Waals surface area contributed by atoms with E-state index in [9.17, 15) is 0 Å². The Bertz CT molecular complexity index is 472. The van der Waals surface area contributed by atoms with E-state index in [0.717, 1.165) is 24.3 Å². The fraction of sp³-hybridized carbons (Fsp3) is 0.667. The number of nitrogens with zero attached hydrogens (tertiary/aromatic N) is 1. The van der Waals surface area contributed by atoms with Gasteiger partial charge in [-0.05, 0) is 55.5 Å². The highest BCUT2D eigenvalue weighted by Gasteiger charge is 2.54. The van der Waals surface area contributed by atoms with Crippen LogP contribution in [0.2, 0.25) is 0 Å². The third-order valence-corrected chi connectivity index (χ3v) is 6.39. The quantitative estimate of drug-likeness (QED) is 0.915. The van der Waals surface area contributed by atoms with Gasteiger partial charge in [0.05, 0.1) is 0 Å². The fourth-order valence-corrected chi connectivity index (χ4v) is 5.34. The summed E-state index contributed by atoms with van der Waals surface area (Å²) in [4.78, 5) is 2.77. The van der Waals surface area contributed by atoms with E-state index in [4.69, 9.17) is 5.73 Å². The number of rotatable bonds is 3. The number of fused-ring (bicyclic) bond motifs is 2. The molecule has 2 nitrogen and oxygen atoms in total. The summed E-state index contributed by atoms with van der Waals surface area (Å²) in [5.41, 5.74) is 8.15. The Morgan fingerprint density at radius 1 is 1.15 bits per heavy atom. The summed E-state index contributed by atoms with van der Waals surface area (Å²) in [5.74, 6) is 2.57. The van der Waals surface area contributed by atoms with E-state index in [2.05, 4.69) is 35.2 Å². The first kappa shape index (κ1) is 12.8. The Kier molecular flexibility index (Phi) is 3.12. The Morgan fingerprint density at radius 2 is 2.00 bits per heavy atom. The zero-order valence-corrected chi connectivity index (χ0v) is 12.3. The highest BCUT2D eigenvalue weighted by atomic mass is 15.2. The molecule has 4 unspecified atom stereocenters. The molecule has 3 fully saturated rings. The van der Waals surface area contributed by atoms with Crippen LogP contribution in [0.3, 0.4) is 0 Å². The maximum absolute atomic E-state index is 6.28. The van der Waals surface area contributed by atoms with E-state index in [1.165, 1.54) is 50.8 Å². The van der Waals surface area contributed by atoms with Crippen LogP contribution in [0.1, 0.15) is 43.6 Å². The standard InChI is InChI=1S/C18H26N2/c19-13-18(11-14-6-7-17(18)10-14)20-9-8-16(12-20)15-4-2-1-3-5-15/h1-5,14,16-17H,6-13,19H2. The summed E-state index contributed by atoms with van der Waals surface area (Å²) in [6, 6.07) is 11.1. The lowest BCUT2D eigenvalue weighted by molar-refractivity contribution is 0.0626. The van der Waals surface area contributed by atoms with Crippen molar-refractivity contribution in [3.05, 3.63) is 35.9 Å². The lowest BCUT2D eigenvalue weighted by Crippen LogP contribution is -2.56. The smallest absolute Gasteiger partial charge is 0.0362 e. The summed E-state index contributed by atoms with van der Waals surface area (Å²) in [7, 11) is 0. The van der Waals surface area contributed by atoms with E-state index < -0.39 is 0 Å². The molecule has 2 saturated carbocycles. The van der Waals surface area contributed by atoms with E-state index in [1.807, 2.05) is 0 Å². The van der Waals surface area contributed by atoms with Crippen molar-refractivity contribution >= 4 is 0 Å². The summed E-state index contributed by atoms with van der Waals surface area (Å²) in [6.07, 6.45) is 7.01. The van der Waals surface area contributed by atoms with E-state index in [-0.39, 0.29) is 0 Å². The zero-order chi connectivity index (χ0) is 13.6. The minimum atomic E-state index is 0.354. The molecule has 2 aliphatic carbocycles. The van der Waals surface area contributed by atoms with E-state index in [0.29, 0.717) is 5.54 Å². The monoisotopic (exact) mass is 270 g/mol. The normalized spacial score (nSPS) is 40.5. The van der Waals surface area contributed by atoms with Crippen molar-refractivity contribution in [2.75, 3.05) is 19.6 Å². The van der Waals surface area contributed by atoms with Gasteiger partial charge in [-0.15, -0.1) is 0 Å². The molecule has 1 heterocycles. The van der Waals surface area contributed by atoms with Crippen molar-refractivity contribution in [2.45, 2.75) is 43.6 Å². The summed E-state index contributed by atoms with van der Waals surface area (Å²) < 4.78 is 0. The molecule has 1 aromatic carbocycles. The maximum Gasteiger partial charge on any atom is 0.0362 e. The van der Waals surface area contributed by atoms with Crippen LogP contribution in [0.5, 0.6) is 0 Å². The SMILES string of the molecule is NCC1(N2CCC(c3ccccc3)C2)CC2CCC1C2. The second kappa shape index (κ2) is 4.85. The molecule has 4 rings (SSSR count). The lowest BCUT2D eigenvalue weighted by Gasteiger charge is -2.45. The second-order valence-corrected chi connectivity index (χ2v) is 7.23. The van der Waals surface area contributed by atoms with Crippen LogP contribution in [-0.2, 0) is 0 Å². The molecule has 2 bridgehead atoms. The third kappa shape index (κ3) is 1.85. The largest absolute Gasteiger partial charge is 0.329 e. The van der Waals surface area contributed by atoms with Crippen LogP contribution in [0.15, 0.2) is 30.3 Å². The molecule has 2 heteroatoms. The third-order valence-electron chi connectivity index (χ3n) is 6.39. The Morgan fingerprint density at radius 3 is 2.65 bits per heavy atom. The molecule has 1 aromatic rings. The van der Waals surface area contributed by atoms with Crippen LogP contribution < -0.4 is 5.73 Å². The molecular weight excluding hydrogens is 244 g/mol. The first-order valence-corrected chi connectivity index (χ1v) is 8.32. The van der Waals surface area contributed by atoms with Gasteiger partial charge in [0.25, 0.3) is 0 Å². The van der Waals surface area contributed by atoms with Gasteiger partial charge in [0.2, 0.25) is 0 Å². The van der Waals surface area contributed by atoms with E-state index in [1.54, 1.807) is 0 Å². The van der Waals surface area contributed by atoms with Crippen LogP contribution in [-0.4, -0.2) is 30.1 Å². The molecule has 108 valence electrons. The van der Waals surface area contributed by atoms with Crippen molar-refractivity contribution in [2.24, 2.45) is 17.6 Å². The van der Waals surface area contributed by atoms with Gasteiger partial charge in [0.1, 0.15) is 0 Å². The minimum absolute atomic E-state index is 0.354. The summed E-state index contributed by atoms with van der Waals surface area (Å²) in [6.45, 7) is 3.35. The molecule has 2 N–H and O–H groups in total. The molecule has 0 aromatic heterocycles. The van der Waals surface area contributed by atoms with Gasteiger partial charge in [-0.2, -0.15) is 0 Å². The van der Waals surface area contributed by atoms with Gasteiger partial charge in [0, 0.05) is 18.6 Å². The topological polar surface area (TPSA) is 29.3 Å². The number of benzene rings is 1. The van der Waals surface area contributed by atoms with Crippen molar-refractivity contribution < 1.29 is 0 Å². The molecular formula is C18H26N2. The minimum Gasteiger partial charge on any atom is -0.329 e. The molecule has 1 aliphatic heterocycles. The Labute approximate surface area is 122 Å². The van der Waals surface area contributed by atoms with Crippen LogP contribution in [0.25, 0.3) is 0 Å². The molecule has 4 atom stereocenters. The van der Waals surface area contributed by atoms with Gasteiger partial charge in [-0.1, -0.05) is 36.8 Å². The second-order valence-electron chi connectivity index (χ2n) is 7.23. The average Bonchev–Trinajstić information content (AvgIpc) is 3.23. The van der Waals surface area contributed by atoms with Crippen molar-refractivity contribution in [1.29, 1.82) is 0 Å². The number of hydrogen-bond donors (Lipinski definition) is 1. The molecule has 0 amide bonds. The zero-order valence-electron chi connectivity index (χ0n) is 12.3. The van der Waals surface area contributed by atoms with Gasteiger partial charge < -0.3 is 5.73 Å². The molecule has 3 aliphatic rings.